The third kappa shape index (κ3) is 5.10. The van der Waals surface area contributed by atoms with Crippen LogP contribution in [-0.4, -0.2) is 18.9 Å². The first kappa shape index (κ1) is 23.4. The van der Waals surface area contributed by atoms with Gasteiger partial charge in [0, 0.05) is 15.6 Å². The highest BCUT2D eigenvalue weighted by Gasteiger charge is 2.34. The maximum Gasteiger partial charge on any atom is 0.282 e. The number of rotatable bonds is 6. The van der Waals surface area contributed by atoms with Gasteiger partial charge in [-0.3, -0.25) is 15.0 Å². The van der Waals surface area contributed by atoms with E-state index in [1.54, 1.807) is 54.6 Å². The van der Waals surface area contributed by atoms with Gasteiger partial charge < -0.3 is 9.47 Å². The van der Waals surface area contributed by atoms with Crippen LogP contribution in [0.15, 0.2) is 66.2 Å². The van der Waals surface area contributed by atoms with Crippen molar-refractivity contribution in [1.82, 2.24) is 5.43 Å². The van der Waals surface area contributed by atoms with E-state index < -0.39 is 11.8 Å². The Labute approximate surface area is 214 Å². The second kappa shape index (κ2) is 10.0. The van der Waals surface area contributed by atoms with Crippen LogP contribution in [0.1, 0.15) is 11.1 Å². The predicted molar refractivity (Wildman–Crippen MR) is 137 cm³/mol. The molecule has 0 bridgehead atoms. The summed E-state index contributed by atoms with van der Waals surface area (Å²) < 4.78 is 12.2. The minimum atomic E-state index is -0.476. The Kier molecular flexibility index (Phi) is 7.11. The zero-order valence-corrected chi connectivity index (χ0v) is 20.9. The van der Waals surface area contributed by atoms with E-state index in [4.69, 9.17) is 32.7 Å². The number of nitrogens with zero attached hydrogens (tertiary/aromatic N) is 1. The highest BCUT2D eigenvalue weighted by atomic mass is 127. The number of methoxy groups -OCH3 is 1. The fraction of sp³-hybridized carbons (Fsp3) is 0.0833. The molecule has 0 spiro atoms. The maximum absolute atomic E-state index is 12.8. The van der Waals surface area contributed by atoms with Gasteiger partial charge in [0.2, 0.25) is 0 Å². The predicted octanol–water partition coefficient (Wildman–Crippen LogP) is 5.65. The largest absolute Gasteiger partial charge is 0.493 e. The van der Waals surface area contributed by atoms with E-state index in [1.807, 2.05) is 6.07 Å². The van der Waals surface area contributed by atoms with E-state index in [2.05, 4.69) is 28.0 Å². The lowest BCUT2D eigenvalue weighted by molar-refractivity contribution is -0.117. The number of hydrogen-bond acceptors (Lipinski definition) is 4. The van der Waals surface area contributed by atoms with Gasteiger partial charge in [-0.05, 0) is 70.6 Å². The SMILES string of the molecule is COc1cc(C=C2C(=O)NN(c3ccccc3)C2=O)cc(I)c1OCc1ccc(Cl)cc1Cl. The molecule has 33 heavy (non-hydrogen) atoms. The van der Waals surface area contributed by atoms with Crippen molar-refractivity contribution in [3.63, 3.8) is 0 Å². The lowest BCUT2D eigenvalue weighted by atomic mass is 10.1. The Morgan fingerprint density at radius 1 is 1.06 bits per heavy atom. The van der Waals surface area contributed by atoms with Crippen molar-refractivity contribution in [2.45, 2.75) is 6.61 Å². The quantitative estimate of drug-likeness (QED) is 0.228. The van der Waals surface area contributed by atoms with E-state index in [-0.39, 0.29) is 12.2 Å². The molecule has 3 aromatic rings. The Bertz CT molecular complexity index is 1260. The fourth-order valence-electron chi connectivity index (χ4n) is 3.23. The van der Waals surface area contributed by atoms with Gasteiger partial charge >= 0.3 is 0 Å². The Balaban J connectivity index is 1.59. The molecule has 6 nitrogen and oxygen atoms in total. The molecule has 1 saturated heterocycles. The number of nitrogens with one attached hydrogen (secondary N) is 1. The van der Waals surface area contributed by atoms with Crippen LogP contribution < -0.4 is 19.9 Å². The number of amides is 2. The number of para-hydroxylation sites is 1. The van der Waals surface area contributed by atoms with E-state index >= 15 is 0 Å². The maximum atomic E-state index is 12.8. The molecule has 1 aliphatic rings. The normalized spacial score (nSPS) is 14.5. The second-order valence-electron chi connectivity index (χ2n) is 7.03. The van der Waals surface area contributed by atoms with Gasteiger partial charge in [0.1, 0.15) is 12.2 Å². The molecule has 1 aliphatic heterocycles. The molecule has 9 heteroatoms. The third-order valence-electron chi connectivity index (χ3n) is 4.86. The molecule has 4 rings (SSSR count). The molecule has 168 valence electrons. The summed E-state index contributed by atoms with van der Waals surface area (Å²) in [6.45, 7) is 0.218. The summed E-state index contributed by atoms with van der Waals surface area (Å²) in [5, 5.41) is 2.28. The number of halogens is 3. The van der Waals surface area contributed by atoms with Crippen molar-refractivity contribution in [3.8, 4) is 11.5 Å². The van der Waals surface area contributed by atoms with Gasteiger partial charge in [-0.15, -0.1) is 0 Å². The van der Waals surface area contributed by atoms with Crippen molar-refractivity contribution < 1.29 is 19.1 Å². The highest BCUT2D eigenvalue weighted by molar-refractivity contribution is 14.1. The molecule has 0 saturated carbocycles. The van der Waals surface area contributed by atoms with Crippen LogP contribution in [0.3, 0.4) is 0 Å². The topological polar surface area (TPSA) is 67.9 Å². The van der Waals surface area contributed by atoms with Crippen molar-refractivity contribution in [2.75, 3.05) is 12.1 Å². The lowest BCUT2D eigenvalue weighted by Gasteiger charge is -2.15. The average Bonchev–Trinajstić information content (AvgIpc) is 3.08. The number of hydrogen-bond donors (Lipinski definition) is 1. The fourth-order valence-corrected chi connectivity index (χ4v) is 4.48. The Morgan fingerprint density at radius 2 is 1.82 bits per heavy atom. The molecule has 1 heterocycles. The molecular weight excluding hydrogens is 578 g/mol. The van der Waals surface area contributed by atoms with E-state index in [0.717, 1.165) is 9.13 Å². The van der Waals surface area contributed by atoms with Crippen molar-refractivity contribution in [1.29, 1.82) is 0 Å². The minimum Gasteiger partial charge on any atom is -0.493 e. The average molecular weight is 595 g/mol. The summed E-state index contributed by atoms with van der Waals surface area (Å²) in [7, 11) is 1.52. The molecule has 3 aromatic carbocycles. The molecule has 0 radical (unpaired) electrons. The monoisotopic (exact) mass is 594 g/mol. The van der Waals surface area contributed by atoms with Gasteiger partial charge in [-0.2, -0.15) is 0 Å². The summed E-state index contributed by atoms with van der Waals surface area (Å²) in [5.74, 6) is 0.0809. The number of ether oxygens (including phenoxy) is 2. The molecule has 1 N–H and O–H groups in total. The van der Waals surface area contributed by atoms with Crippen LogP contribution in [0.25, 0.3) is 6.08 Å². The van der Waals surface area contributed by atoms with Crippen LogP contribution in [0.5, 0.6) is 11.5 Å². The molecule has 0 aliphatic carbocycles. The van der Waals surface area contributed by atoms with Crippen LogP contribution in [0, 0.1) is 3.57 Å². The minimum absolute atomic E-state index is 0.0262. The Hall–Kier alpha value is -2.75. The third-order valence-corrected chi connectivity index (χ3v) is 6.24. The van der Waals surface area contributed by atoms with Gasteiger partial charge in [0.05, 0.1) is 16.4 Å². The first-order chi connectivity index (χ1) is 15.9. The smallest absolute Gasteiger partial charge is 0.282 e. The molecule has 0 aromatic heterocycles. The summed E-state index contributed by atoms with van der Waals surface area (Å²) in [6.07, 6.45) is 1.53. The van der Waals surface area contributed by atoms with Gasteiger partial charge in [0.15, 0.2) is 11.5 Å². The zero-order valence-electron chi connectivity index (χ0n) is 17.3. The van der Waals surface area contributed by atoms with Crippen molar-refractivity contribution in [2.24, 2.45) is 0 Å². The summed E-state index contributed by atoms with van der Waals surface area (Å²) in [6, 6.07) is 17.6. The van der Waals surface area contributed by atoms with Crippen LogP contribution in [-0.2, 0) is 16.2 Å². The lowest BCUT2D eigenvalue weighted by Crippen LogP contribution is -2.35. The molecular formula is C24H17Cl2IN2O4. The molecule has 0 atom stereocenters. The zero-order chi connectivity index (χ0) is 23.5. The van der Waals surface area contributed by atoms with Crippen LogP contribution in [0.2, 0.25) is 10.0 Å². The van der Waals surface area contributed by atoms with E-state index in [0.29, 0.717) is 32.8 Å². The number of anilines is 1. The first-order valence-electron chi connectivity index (χ1n) is 9.74. The standard InChI is InChI=1S/C24H17Cl2IN2O4/c1-32-21-11-14(9-18-23(30)28-29(24(18)31)17-5-3-2-4-6-17)10-20(27)22(21)33-13-15-7-8-16(25)12-19(15)26/h2-12H,13H2,1H3,(H,28,30). The molecule has 1 fully saturated rings. The summed E-state index contributed by atoms with van der Waals surface area (Å²) >= 11 is 14.3. The van der Waals surface area contributed by atoms with Crippen LogP contribution >= 0.6 is 45.8 Å². The highest BCUT2D eigenvalue weighted by Crippen LogP contribution is 2.36. The summed E-state index contributed by atoms with van der Waals surface area (Å²) in [4.78, 5) is 25.3. The van der Waals surface area contributed by atoms with Gasteiger partial charge in [-0.1, -0.05) is 47.5 Å². The number of carbonyl (C=O) groups excluding carboxylic acids is 2. The number of carbonyl (C=O) groups is 2. The number of hydrazine groups is 1. The first-order valence-corrected chi connectivity index (χ1v) is 11.6. The van der Waals surface area contributed by atoms with Crippen LogP contribution in [0.4, 0.5) is 5.69 Å². The molecule has 0 unspecified atom stereocenters. The molecule has 2 amide bonds. The summed E-state index contributed by atoms with van der Waals surface area (Å²) in [5.41, 5.74) is 4.60. The van der Waals surface area contributed by atoms with Gasteiger partial charge in [0.25, 0.3) is 11.8 Å². The van der Waals surface area contributed by atoms with E-state index in [9.17, 15) is 9.59 Å². The van der Waals surface area contributed by atoms with E-state index in [1.165, 1.54) is 18.2 Å². The Morgan fingerprint density at radius 3 is 2.52 bits per heavy atom. The number of benzene rings is 3. The van der Waals surface area contributed by atoms with Crippen molar-refractivity contribution >= 4 is 69.4 Å². The second-order valence-corrected chi connectivity index (χ2v) is 9.04. The van der Waals surface area contributed by atoms with Gasteiger partial charge in [-0.25, -0.2) is 5.01 Å². The van der Waals surface area contributed by atoms with Crippen molar-refractivity contribution in [3.05, 3.63) is 91.0 Å².